The lowest BCUT2D eigenvalue weighted by atomic mass is 9.97. The number of benzene rings is 1. The van der Waals surface area contributed by atoms with Gasteiger partial charge in [-0.25, -0.2) is 0 Å². The van der Waals surface area contributed by atoms with Crippen molar-refractivity contribution in [2.24, 2.45) is 5.92 Å². The third-order valence-corrected chi connectivity index (χ3v) is 4.23. The molecule has 0 aromatic heterocycles. The zero-order valence-electron chi connectivity index (χ0n) is 12.2. The van der Waals surface area contributed by atoms with Crippen LogP contribution in [-0.4, -0.2) is 38.7 Å². The number of nitrogens with zero attached hydrogens (tertiary/aromatic N) is 1. The summed E-state index contributed by atoms with van der Waals surface area (Å²) in [7, 11) is 3.78. The van der Waals surface area contributed by atoms with Crippen LogP contribution in [0.1, 0.15) is 18.4 Å². The van der Waals surface area contributed by atoms with Gasteiger partial charge in [0.25, 0.3) is 0 Å². The van der Waals surface area contributed by atoms with Gasteiger partial charge in [-0.1, -0.05) is 15.9 Å². The minimum absolute atomic E-state index is 0. The normalized spacial score (nSPS) is 19.4. The lowest BCUT2D eigenvalue weighted by Gasteiger charge is -2.33. The number of ether oxygens (including phenoxy) is 1. The SMILES string of the molecule is CNCC1CCCN(Cc2cc(Br)ccc2OC)C1.Cl. The molecule has 1 N–H and O–H groups in total. The second-order valence-electron chi connectivity index (χ2n) is 5.26. The number of hydrogen-bond acceptors (Lipinski definition) is 3. The predicted molar refractivity (Wildman–Crippen MR) is 89.9 cm³/mol. The smallest absolute Gasteiger partial charge is 0.123 e. The summed E-state index contributed by atoms with van der Waals surface area (Å²) < 4.78 is 6.57. The van der Waals surface area contributed by atoms with Crippen molar-refractivity contribution >= 4 is 28.3 Å². The summed E-state index contributed by atoms with van der Waals surface area (Å²) in [6.45, 7) is 4.46. The standard InChI is InChI=1S/C15H23BrN2O.ClH/c1-17-9-12-4-3-7-18(10-12)11-13-8-14(16)5-6-15(13)19-2;/h5-6,8,12,17H,3-4,7,9-11H2,1-2H3;1H. The Balaban J connectivity index is 0.00000200. The lowest BCUT2D eigenvalue weighted by molar-refractivity contribution is 0.165. The van der Waals surface area contributed by atoms with Crippen molar-refractivity contribution in [2.45, 2.75) is 19.4 Å². The Hall–Kier alpha value is -0.290. The molecule has 1 atom stereocenters. The zero-order valence-corrected chi connectivity index (χ0v) is 14.6. The molecule has 1 aromatic rings. The monoisotopic (exact) mass is 362 g/mol. The minimum Gasteiger partial charge on any atom is -0.496 e. The molecule has 5 heteroatoms. The van der Waals surface area contributed by atoms with Crippen molar-refractivity contribution in [3.63, 3.8) is 0 Å². The van der Waals surface area contributed by atoms with Crippen LogP contribution in [0.5, 0.6) is 5.75 Å². The van der Waals surface area contributed by atoms with E-state index in [2.05, 4.69) is 32.2 Å². The van der Waals surface area contributed by atoms with Gasteiger partial charge in [-0.05, 0) is 57.1 Å². The zero-order chi connectivity index (χ0) is 13.7. The molecule has 20 heavy (non-hydrogen) atoms. The molecule has 1 unspecified atom stereocenters. The third-order valence-electron chi connectivity index (χ3n) is 3.73. The van der Waals surface area contributed by atoms with Gasteiger partial charge in [-0.3, -0.25) is 4.90 Å². The van der Waals surface area contributed by atoms with Crippen LogP contribution in [-0.2, 0) is 6.54 Å². The highest BCUT2D eigenvalue weighted by Crippen LogP contribution is 2.26. The number of hydrogen-bond donors (Lipinski definition) is 1. The molecular formula is C15H24BrClN2O. The second-order valence-corrected chi connectivity index (χ2v) is 6.17. The van der Waals surface area contributed by atoms with Crippen LogP contribution in [0.3, 0.4) is 0 Å². The van der Waals surface area contributed by atoms with Gasteiger partial charge in [0.05, 0.1) is 7.11 Å². The molecule has 0 radical (unpaired) electrons. The van der Waals surface area contributed by atoms with Crippen molar-refractivity contribution in [3.05, 3.63) is 28.2 Å². The summed E-state index contributed by atoms with van der Waals surface area (Å²) in [5.74, 6) is 1.76. The van der Waals surface area contributed by atoms with Crippen molar-refractivity contribution in [3.8, 4) is 5.75 Å². The highest BCUT2D eigenvalue weighted by Gasteiger charge is 2.20. The van der Waals surface area contributed by atoms with E-state index in [1.807, 2.05) is 19.2 Å². The van der Waals surface area contributed by atoms with Crippen LogP contribution in [0.2, 0.25) is 0 Å². The van der Waals surface area contributed by atoms with Crippen molar-refractivity contribution in [2.75, 3.05) is 33.8 Å². The third kappa shape index (κ3) is 4.92. The van der Waals surface area contributed by atoms with Crippen molar-refractivity contribution in [1.82, 2.24) is 10.2 Å². The fraction of sp³-hybridized carbons (Fsp3) is 0.600. The number of rotatable bonds is 5. The Kier molecular flexibility index (Phi) is 7.88. The summed E-state index contributed by atoms with van der Waals surface area (Å²) in [5.41, 5.74) is 1.27. The van der Waals surface area contributed by atoms with E-state index >= 15 is 0 Å². The van der Waals surface area contributed by atoms with Crippen LogP contribution >= 0.6 is 28.3 Å². The quantitative estimate of drug-likeness (QED) is 0.868. The molecule has 1 aliphatic rings. The maximum absolute atomic E-state index is 5.46. The summed E-state index contributed by atoms with van der Waals surface area (Å²) in [5, 5.41) is 3.29. The first-order chi connectivity index (χ1) is 9.22. The maximum atomic E-state index is 5.46. The van der Waals surface area contributed by atoms with Gasteiger partial charge in [-0.2, -0.15) is 0 Å². The maximum Gasteiger partial charge on any atom is 0.123 e. The van der Waals surface area contributed by atoms with Crippen LogP contribution in [0.25, 0.3) is 0 Å². The van der Waals surface area contributed by atoms with Gasteiger partial charge < -0.3 is 10.1 Å². The first-order valence-corrected chi connectivity index (χ1v) is 7.71. The van der Waals surface area contributed by atoms with Gasteiger partial charge in [-0.15, -0.1) is 12.4 Å². The number of likely N-dealkylation sites (tertiary alicyclic amines) is 1. The highest BCUT2D eigenvalue weighted by molar-refractivity contribution is 9.10. The molecule has 0 bridgehead atoms. The average molecular weight is 364 g/mol. The van der Waals surface area contributed by atoms with Crippen LogP contribution in [0, 0.1) is 5.92 Å². The number of nitrogens with one attached hydrogen (secondary N) is 1. The Morgan fingerprint density at radius 3 is 2.95 bits per heavy atom. The number of piperidine rings is 1. The Labute approximate surface area is 136 Å². The van der Waals surface area contributed by atoms with E-state index in [-0.39, 0.29) is 12.4 Å². The minimum atomic E-state index is 0. The molecule has 1 aliphatic heterocycles. The van der Waals surface area contributed by atoms with E-state index in [1.54, 1.807) is 7.11 Å². The molecule has 1 aromatic carbocycles. The lowest BCUT2D eigenvalue weighted by Crippen LogP contribution is -2.38. The molecule has 114 valence electrons. The Morgan fingerprint density at radius 1 is 1.45 bits per heavy atom. The molecule has 2 rings (SSSR count). The van der Waals surface area contributed by atoms with Gasteiger partial charge in [0.2, 0.25) is 0 Å². The Bertz CT molecular complexity index is 415. The predicted octanol–water partition coefficient (Wildman–Crippen LogP) is 3.31. The fourth-order valence-corrected chi connectivity index (χ4v) is 3.27. The molecule has 0 spiro atoms. The van der Waals surface area contributed by atoms with Gasteiger partial charge in [0.15, 0.2) is 0 Å². The fourth-order valence-electron chi connectivity index (χ4n) is 2.86. The van der Waals surface area contributed by atoms with E-state index < -0.39 is 0 Å². The van der Waals surface area contributed by atoms with Gasteiger partial charge in [0.1, 0.15) is 5.75 Å². The number of methoxy groups -OCH3 is 1. The van der Waals surface area contributed by atoms with Crippen LogP contribution < -0.4 is 10.1 Å². The molecule has 0 aliphatic carbocycles. The van der Waals surface area contributed by atoms with Gasteiger partial charge in [0, 0.05) is 23.1 Å². The van der Waals surface area contributed by atoms with Crippen LogP contribution in [0.15, 0.2) is 22.7 Å². The van der Waals surface area contributed by atoms with Crippen molar-refractivity contribution < 1.29 is 4.74 Å². The molecule has 1 saturated heterocycles. The van der Waals surface area contributed by atoms with Crippen LogP contribution in [0.4, 0.5) is 0 Å². The molecule has 0 saturated carbocycles. The van der Waals surface area contributed by atoms with E-state index in [0.29, 0.717) is 0 Å². The van der Waals surface area contributed by atoms with Crippen molar-refractivity contribution in [1.29, 1.82) is 0 Å². The van der Waals surface area contributed by atoms with E-state index in [4.69, 9.17) is 4.74 Å². The second kappa shape index (κ2) is 8.88. The average Bonchev–Trinajstić information content (AvgIpc) is 2.40. The van der Waals surface area contributed by atoms with Gasteiger partial charge >= 0.3 is 0 Å². The van der Waals surface area contributed by atoms with E-state index in [9.17, 15) is 0 Å². The summed E-state index contributed by atoms with van der Waals surface area (Å²) in [4.78, 5) is 2.54. The molecular weight excluding hydrogens is 340 g/mol. The first-order valence-electron chi connectivity index (χ1n) is 6.92. The largest absolute Gasteiger partial charge is 0.496 e. The summed E-state index contributed by atoms with van der Waals surface area (Å²) in [6, 6.07) is 6.23. The number of halogens is 2. The van der Waals surface area contributed by atoms with E-state index in [1.165, 1.54) is 31.5 Å². The summed E-state index contributed by atoms with van der Waals surface area (Å²) >= 11 is 3.54. The van der Waals surface area contributed by atoms with E-state index in [0.717, 1.165) is 29.2 Å². The molecule has 3 nitrogen and oxygen atoms in total. The first kappa shape index (κ1) is 17.8. The highest BCUT2D eigenvalue weighted by atomic mass is 79.9. The molecule has 0 amide bonds. The molecule has 1 heterocycles. The molecule has 1 fully saturated rings. The Morgan fingerprint density at radius 2 is 2.25 bits per heavy atom. The topological polar surface area (TPSA) is 24.5 Å². The summed E-state index contributed by atoms with van der Waals surface area (Å²) in [6.07, 6.45) is 2.63.